The molecule has 0 fully saturated rings. The fraction of sp³-hybridized carbons (Fsp3) is 0.538. The zero-order valence-corrected chi connectivity index (χ0v) is 11.3. The molecule has 0 aliphatic rings. The van der Waals surface area contributed by atoms with E-state index in [4.69, 9.17) is 5.84 Å². The molecule has 0 spiro atoms. The minimum atomic E-state index is -0.316. The first-order valence-electron chi connectivity index (χ1n) is 6.32. The van der Waals surface area contributed by atoms with E-state index in [9.17, 15) is 4.79 Å². The summed E-state index contributed by atoms with van der Waals surface area (Å²) in [6.07, 6.45) is 2.67. The zero-order chi connectivity index (χ0) is 13.5. The van der Waals surface area contributed by atoms with Gasteiger partial charge in [0.1, 0.15) is 0 Å². The molecule has 18 heavy (non-hydrogen) atoms. The number of hydrogen-bond donors (Lipinski definition) is 2. The molecule has 100 valence electrons. The molecular formula is C13H22N4O. The normalized spacial score (nSPS) is 12.5. The van der Waals surface area contributed by atoms with Crippen LogP contribution in [0.25, 0.3) is 0 Å². The second-order valence-electron chi connectivity index (χ2n) is 4.33. The Bertz CT molecular complexity index is 377. The number of rotatable bonds is 6. The van der Waals surface area contributed by atoms with Gasteiger partial charge in [0.25, 0.3) is 5.91 Å². The standard InChI is InChI=1S/C13H22N4O/c1-4-10(3)17(5-2)9-12-7-6-11(8-15-12)13(18)16-14/h6-8,10H,4-5,9,14H2,1-3H3,(H,16,18). The lowest BCUT2D eigenvalue weighted by Gasteiger charge is -2.26. The third-order valence-electron chi connectivity index (χ3n) is 3.20. The molecule has 0 bridgehead atoms. The van der Waals surface area contributed by atoms with Gasteiger partial charge in [-0.1, -0.05) is 13.8 Å². The third-order valence-corrected chi connectivity index (χ3v) is 3.20. The van der Waals surface area contributed by atoms with Gasteiger partial charge >= 0.3 is 0 Å². The van der Waals surface area contributed by atoms with Crippen molar-refractivity contribution in [3.8, 4) is 0 Å². The lowest BCUT2D eigenvalue weighted by atomic mass is 10.2. The number of aromatic nitrogens is 1. The predicted molar refractivity (Wildman–Crippen MR) is 71.7 cm³/mol. The van der Waals surface area contributed by atoms with Crippen molar-refractivity contribution < 1.29 is 4.79 Å². The van der Waals surface area contributed by atoms with Crippen LogP contribution < -0.4 is 11.3 Å². The molecule has 3 N–H and O–H groups in total. The largest absolute Gasteiger partial charge is 0.295 e. The van der Waals surface area contributed by atoms with Crippen LogP contribution in [0, 0.1) is 0 Å². The Balaban J connectivity index is 2.70. The summed E-state index contributed by atoms with van der Waals surface area (Å²) in [5.41, 5.74) is 3.53. The van der Waals surface area contributed by atoms with Crippen molar-refractivity contribution >= 4 is 5.91 Å². The van der Waals surface area contributed by atoms with Crippen LogP contribution in [-0.4, -0.2) is 28.4 Å². The van der Waals surface area contributed by atoms with Crippen molar-refractivity contribution in [2.45, 2.75) is 39.8 Å². The van der Waals surface area contributed by atoms with E-state index in [1.165, 1.54) is 0 Å². The highest BCUT2D eigenvalue weighted by Gasteiger charge is 2.11. The molecule has 1 amide bonds. The van der Waals surface area contributed by atoms with Crippen LogP contribution in [0.1, 0.15) is 43.2 Å². The van der Waals surface area contributed by atoms with Gasteiger partial charge in [0.2, 0.25) is 0 Å². The maximum absolute atomic E-state index is 11.3. The number of nitrogens with one attached hydrogen (secondary N) is 1. The molecule has 1 rings (SSSR count). The van der Waals surface area contributed by atoms with E-state index in [0.717, 1.165) is 25.2 Å². The van der Waals surface area contributed by atoms with Crippen LogP contribution in [0.3, 0.4) is 0 Å². The second kappa shape index (κ2) is 7.08. The first kappa shape index (κ1) is 14.6. The Morgan fingerprint density at radius 1 is 1.50 bits per heavy atom. The Morgan fingerprint density at radius 3 is 2.67 bits per heavy atom. The maximum atomic E-state index is 11.3. The number of carbonyl (C=O) groups is 1. The van der Waals surface area contributed by atoms with Gasteiger partial charge in [-0.25, -0.2) is 5.84 Å². The van der Waals surface area contributed by atoms with Gasteiger partial charge in [0.05, 0.1) is 11.3 Å². The lowest BCUT2D eigenvalue weighted by molar-refractivity contribution is 0.0953. The average Bonchev–Trinajstić information content (AvgIpc) is 2.43. The predicted octanol–water partition coefficient (Wildman–Crippen LogP) is 1.31. The molecule has 1 aromatic heterocycles. The molecule has 1 aromatic rings. The highest BCUT2D eigenvalue weighted by atomic mass is 16.2. The van der Waals surface area contributed by atoms with Crippen LogP contribution in [0.2, 0.25) is 0 Å². The van der Waals surface area contributed by atoms with E-state index in [-0.39, 0.29) is 5.91 Å². The van der Waals surface area contributed by atoms with E-state index in [0.29, 0.717) is 11.6 Å². The molecule has 1 atom stereocenters. The number of nitrogens with two attached hydrogens (primary N) is 1. The van der Waals surface area contributed by atoms with Crippen molar-refractivity contribution in [3.63, 3.8) is 0 Å². The first-order valence-corrected chi connectivity index (χ1v) is 6.32. The molecule has 1 unspecified atom stereocenters. The van der Waals surface area contributed by atoms with Crippen LogP contribution >= 0.6 is 0 Å². The van der Waals surface area contributed by atoms with Crippen molar-refractivity contribution in [1.29, 1.82) is 0 Å². The summed E-state index contributed by atoms with van der Waals surface area (Å²) < 4.78 is 0. The molecule has 5 nitrogen and oxygen atoms in total. The van der Waals surface area contributed by atoms with E-state index in [2.05, 4.69) is 36.1 Å². The minimum Gasteiger partial charge on any atom is -0.295 e. The molecule has 0 radical (unpaired) electrons. The van der Waals surface area contributed by atoms with Gasteiger partial charge in [0, 0.05) is 18.8 Å². The SMILES string of the molecule is CCC(C)N(CC)Cc1ccc(C(=O)NN)cn1. The van der Waals surface area contributed by atoms with Crippen molar-refractivity contribution in [2.75, 3.05) is 6.54 Å². The molecular weight excluding hydrogens is 228 g/mol. The number of nitrogen functional groups attached to an aromatic ring is 1. The first-order chi connectivity index (χ1) is 8.62. The Labute approximate surface area is 108 Å². The molecule has 0 aliphatic heterocycles. The smallest absolute Gasteiger partial charge is 0.266 e. The van der Waals surface area contributed by atoms with Crippen LogP contribution in [0.4, 0.5) is 0 Å². The third kappa shape index (κ3) is 3.78. The van der Waals surface area contributed by atoms with Crippen LogP contribution in [0.5, 0.6) is 0 Å². The summed E-state index contributed by atoms with van der Waals surface area (Å²) in [5, 5.41) is 0. The Kier molecular flexibility index (Phi) is 5.74. The maximum Gasteiger partial charge on any atom is 0.266 e. The summed E-state index contributed by atoms with van der Waals surface area (Å²) in [6.45, 7) is 8.31. The van der Waals surface area contributed by atoms with E-state index in [1.807, 2.05) is 6.07 Å². The molecule has 0 aliphatic carbocycles. The summed E-state index contributed by atoms with van der Waals surface area (Å²) in [7, 11) is 0. The number of carbonyl (C=O) groups excluding carboxylic acids is 1. The van der Waals surface area contributed by atoms with Gasteiger partial charge in [-0.15, -0.1) is 0 Å². The highest BCUT2D eigenvalue weighted by Crippen LogP contribution is 2.09. The number of hydrogen-bond acceptors (Lipinski definition) is 4. The molecule has 0 aromatic carbocycles. The van der Waals surface area contributed by atoms with Gasteiger partial charge in [0.15, 0.2) is 0 Å². The van der Waals surface area contributed by atoms with Gasteiger partial charge in [-0.2, -0.15) is 0 Å². The van der Waals surface area contributed by atoms with E-state index < -0.39 is 0 Å². The van der Waals surface area contributed by atoms with Gasteiger partial charge in [-0.05, 0) is 32.0 Å². The van der Waals surface area contributed by atoms with Gasteiger partial charge < -0.3 is 0 Å². The molecule has 1 heterocycles. The average molecular weight is 250 g/mol. The fourth-order valence-electron chi connectivity index (χ4n) is 1.78. The summed E-state index contributed by atoms with van der Waals surface area (Å²) >= 11 is 0. The van der Waals surface area contributed by atoms with E-state index >= 15 is 0 Å². The quantitative estimate of drug-likeness (QED) is 0.453. The zero-order valence-electron chi connectivity index (χ0n) is 11.3. The highest BCUT2D eigenvalue weighted by molar-refractivity contribution is 5.93. The number of pyridine rings is 1. The van der Waals surface area contributed by atoms with Gasteiger partial charge in [-0.3, -0.25) is 20.1 Å². The second-order valence-corrected chi connectivity index (χ2v) is 4.33. The summed E-state index contributed by atoms with van der Waals surface area (Å²) in [6, 6.07) is 4.15. The van der Waals surface area contributed by atoms with Crippen molar-refractivity contribution in [1.82, 2.24) is 15.3 Å². The van der Waals surface area contributed by atoms with Crippen molar-refractivity contribution in [3.05, 3.63) is 29.6 Å². The van der Waals surface area contributed by atoms with Crippen LogP contribution in [0.15, 0.2) is 18.3 Å². The monoisotopic (exact) mass is 250 g/mol. The number of nitrogens with zero attached hydrogens (tertiary/aromatic N) is 2. The van der Waals surface area contributed by atoms with Crippen LogP contribution in [-0.2, 0) is 6.54 Å². The molecule has 0 saturated carbocycles. The lowest BCUT2D eigenvalue weighted by Crippen LogP contribution is -2.32. The topological polar surface area (TPSA) is 71.2 Å². The Hall–Kier alpha value is -1.46. The van der Waals surface area contributed by atoms with Crippen molar-refractivity contribution in [2.24, 2.45) is 5.84 Å². The number of hydrazine groups is 1. The molecule has 0 saturated heterocycles. The van der Waals surface area contributed by atoms with E-state index in [1.54, 1.807) is 12.3 Å². The molecule has 5 heteroatoms. The minimum absolute atomic E-state index is 0.316. The summed E-state index contributed by atoms with van der Waals surface area (Å²) in [5.74, 6) is 4.75. The number of amides is 1. The fourth-order valence-corrected chi connectivity index (χ4v) is 1.78. The Morgan fingerprint density at radius 2 is 2.22 bits per heavy atom. The summed E-state index contributed by atoms with van der Waals surface area (Å²) in [4.78, 5) is 17.9.